The molecule has 1 aliphatic heterocycles. The van der Waals surface area contributed by atoms with E-state index in [4.69, 9.17) is 0 Å². The minimum Gasteiger partial charge on any atom is -0.314 e. The molecule has 0 amide bonds. The summed E-state index contributed by atoms with van der Waals surface area (Å²) < 4.78 is 10.9. The summed E-state index contributed by atoms with van der Waals surface area (Å²) in [6.07, 6.45) is 6.80. The molecule has 0 aromatic rings. The minimum atomic E-state index is -0.644. The Balaban J connectivity index is 1.91. The highest BCUT2D eigenvalue weighted by atomic mass is 32.2. The molecule has 0 spiro atoms. The van der Waals surface area contributed by atoms with Crippen LogP contribution in [0.4, 0.5) is 0 Å². The fourth-order valence-electron chi connectivity index (χ4n) is 2.10. The van der Waals surface area contributed by atoms with Crippen molar-refractivity contribution in [1.82, 2.24) is 10.2 Å². The van der Waals surface area contributed by atoms with Crippen molar-refractivity contribution in [3.63, 3.8) is 0 Å². The zero-order valence-corrected chi connectivity index (χ0v) is 11.5. The van der Waals surface area contributed by atoms with Crippen molar-refractivity contribution < 1.29 is 4.21 Å². The molecule has 0 aromatic carbocycles. The number of hydrogen-bond donors (Lipinski definition) is 1. The Morgan fingerprint density at radius 3 is 2.69 bits per heavy atom. The summed E-state index contributed by atoms with van der Waals surface area (Å²) in [5, 5.41) is 3.50. The van der Waals surface area contributed by atoms with Crippen LogP contribution in [0.2, 0.25) is 0 Å². The monoisotopic (exact) mass is 246 g/mol. The van der Waals surface area contributed by atoms with Gasteiger partial charge in [-0.3, -0.25) is 4.21 Å². The standard InChI is InChI=1S/C12H26N2OS/c1-12(6-11-16(2)15)13-7-5-10-14-8-3-4-9-14/h12-13H,3-11H2,1-2H3. The summed E-state index contributed by atoms with van der Waals surface area (Å²) in [5.74, 6) is 0.820. The van der Waals surface area contributed by atoms with E-state index in [9.17, 15) is 4.21 Å². The molecule has 1 rings (SSSR count). The van der Waals surface area contributed by atoms with Gasteiger partial charge in [0.1, 0.15) is 0 Å². The molecule has 4 heteroatoms. The molecule has 0 aliphatic carbocycles. The predicted molar refractivity (Wildman–Crippen MR) is 71.3 cm³/mol. The molecule has 0 bridgehead atoms. The molecule has 1 fully saturated rings. The second-order valence-electron chi connectivity index (χ2n) is 4.82. The number of nitrogens with one attached hydrogen (secondary N) is 1. The third-order valence-electron chi connectivity index (χ3n) is 3.18. The van der Waals surface area contributed by atoms with E-state index >= 15 is 0 Å². The first-order valence-electron chi connectivity index (χ1n) is 6.44. The highest BCUT2D eigenvalue weighted by molar-refractivity contribution is 7.84. The van der Waals surface area contributed by atoms with Gasteiger partial charge in [-0.05, 0) is 58.8 Å². The molecule has 0 saturated carbocycles. The molecule has 2 unspecified atom stereocenters. The molecular formula is C12H26N2OS. The average molecular weight is 246 g/mol. The van der Waals surface area contributed by atoms with E-state index < -0.39 is 10.8 Å². The Bertz CT molecular complexity index is 205. The third kappa shape index (κ3) is 6.61. The second-order valence-corrected chi connectivity index (χ2v) is 6.38. The molecule has 2 atom stereocenters. The maximum Gasteiger partial charge on any atom is 0.0246 e. The van der Waals surface area contributed by atoms with Gasteiger partial charge < -0.3 is 10.2 Å². The molecule has 1 saturated heterocycles. The SMILES string of the molecule is CC(CCS(C)=O)NCCCN1CCCC1. The summed E-state index contributed by atoms with van der Waals surface area (Å²) in [4.78, 5) is 2.55. The van der Waals surface area contributed by atoms with Crippen LogP contribution in [0, 0.1) is 0 Å². The van der Waals surface area contributed by atoms with Gasteiger partial charge in [0.2, 0.25) is 0 Å². The van der Waals surface area contributed by atoms with Crippen molar-refractivity contribution in [3.8, 4) is 0 Å². The van der Waals surface area contributed by atoms with E-state index in [2.05, 4.69) is 17.1 Å². The lowest BCUT2D eigenvalue weighted by Crippen LogP contribution is -2.31. The Labute approximate surface area is 102 Å². The molecule has 3 nitrogen and oxygen atoms in total. The maximum absolute atomic E-state index is 10.9. The van der Waals surface area contributed by atoms with Gasteiger partial charge >= 0.3 is 0 Å². The van der Waals surface area contributed by atoms with Crippen LogP contribution in [0.5, 0.6) is 0 Å². The first-order chi connectivity index (χ1) is 7.68. The molecule has 0 aromatic heterocycles. The molecule has 1 N–H and O–H groups in total. The van der Waals surface area contributed by atoms with E-state index in [0.717, 1.165) is 18.7 Å². The van der Waals surface area contributed by atoms with Gasteiger partial charge in [-0.1, -0.05) is 0 Å². The lowest BCUT2D eigenvalue weighted by molar-refractivity contribution is 0.328. The number of hydrogen-bond acceptors (Lipinski definition) is 3. The van der Waals surface area contributed by atoms with Gasteiger partial charge in [0.15, 0.2) is 0 Å². The highest BCUT2D eigenvalue weighted by Gasteiger charge is 2.10. The van der Waals surface area contributed by atoms with Crippen LogP contribution in [-0.4, -0.2) is 53.3 Å². The lowest BCUT2D eigenvalue weighted by Gasteiger charge is -2.16. The van der Waals surface area contributed by atoms with Crippen molar-refractivity contribution in [2.45, 2.75) is 38.6 Å². The maximum atomic E-state index is 10.9. The lowest BCUT2D eigenvalue weighted by atomic mass is 10.2. The van der Waals surface area contributed by atoms with Crippen LogP contribution < -0.4 is 5.32 Å². The summed E-state index contributed by atoms with van der Waals surface area (Å²) in [6.45, 7) is 7.10. The minimum absolute atomic E-state index is 0.502. The van der Waals surface area contributed by atoms with E-state index in [1.54, 1.807) is 6.26 Å². The predicted octanol–water partition coefficient (Wildman–Crippen LogP) is 1.22. The van der Waals surface area contributed by atoms with Gasteiger partial charge in [0.05, 0.1) is 0 Å². The molecule has 1 aliphatic rings. The van der Waals surface area contributed by atoms with E-state index in [1.165, 1.54) is 38.9 Å². The van der Waals surface area contributed by atoms with Crippen LogP contribution in [0.15, 0.2) is 0 Å². The van der Waals surface area contributed by atoms with Gasteiger partial charge in [-0.2, -0.15) is 0 Å². The van der Waals surface area contributed by atoms with Gasteiger partial charge in [0, 0.05) is 28.9 Å². The molecule has 0 radical (unpaired) electrons. The summed E-state index contributed by atoms with van der Waals surface area (Å²) in [5.41, 5.74) is 0. The van der Waals surface area contributed by atoms with Crippen molar-refractivity contribution in [3.05, 3.63) is 0 Å². The van der Waals surface area contributed by atoms with E-state index in [0.29, 0.717) is 6.04 Å². The number of nitrogens with zero attached hydrogens (tertiary/aromatic N) is 1. The molecule has 16 heavy (non-hydrogen) atoms. The Kier molecular flexibility index (Phi) is 7.25. The summed E-state index contributed by atoms with van der Waals surface area (Å²) >= 11 is 0. The molecule has 1 heterocycles. The summed E-state index contributed by atoms with van der Waals surface area (Å²) in [7, 11) is -0.644. The van der Waals surface area contributed by atoms with Crippen molar-refractivity contribution in [2.24, 2.45) is 0 Å². The summed E-state index contributed by atoms with van der Waals surface area (Å²) in [6, 6.07) is 0.502. The van der Waals surface area contributed by atoms with Crippen molar-refractivity contribution in [2.75, 3.05) is 38.2 Å². The van der Waals surface area contributed by atoms with Gasteiger partial charge in [-0.15, -0.1) is 0 Å². The van der Waals surface area contributed by atoms with Gasteiger partial charge in [0.25, 0.3) is 0 Å². The van der Waals surface area contributed by atoms with E-state index in [1.807, 2.05) is 0 Å². The normalized spacial score (nSPS) is 21.1. The number of likely N-dealkylation sites (tertiary alicyclic amines) is 1. The third-order valence-corrected chi connectivity index (χ3v) is 3.99. The molecular weight excluding hydrogens is 220 g/mol. The first-order valence-corrected chi connectivity index (χ1v) is 8.17. The fraction of sp³-hybridized carbons (Fsp3) is 1.00. The zero-order chi connectivity index (χ0) is 11.8. The topological polar surface area (TPSA) is 32.3 Å². The largest absolute Gasteiger partial charge is 0.314 e. The van der Waals surface area contributed by atoms with Crippen LogP contribution in [-0.2, 0) is 10.8 Å². The van der Waals surface area contributed by atoms with Crippen LogP contribution in [0.3, 0.4) is 0 Å². The number of rotatable bonds is 8. The molecule has 96 valence electrons. The fourth-order valence-corrected chi connectivity index (χ4v) is 2.79. The Morgan fingerprint density at radius 1 is 1.38 bits per heavy atom. The van der Waals surface area contributed by atoms with Crippen molar-refractivity contribution in [1.29, 1.82) is 0 Å². The smallest absolute Gasteiger partial charge is 0.0246 e. The van der Waals surface area contributed by atoms with Gasteiger partial charge in [-0.25, -0.2) is 0 Å². The Hall–Kier alpha value is 0.0700. The van der Waals surface area contributed by atoms with Crippen molar-refractivity contribution >= 4 is 10.8 Å². The Morgan fingerprint density at radius 2 is 2.06 bits per heavy atom. The van der Waals surface area contributed by atoms with Crippen LogP contribution >= 0.6 is 0 Å². The van der Waals surface area contributed by atoms with Crippen LogP contribution in [0.1, 0.15) is 32.6 Å². The quantitative estimate of drug-likeness (QED) is 0.654. The average Bonchev–Trinajstić information content (AvgIpc) is 2.74. The highest BCUT2D eigenvalue weighted by Crippen LogP contribution is 2.06. The zero-order valence-electron chi connectivity index (χ0n) is 10.7. The van der Waals surface area contributed by atoms with Crippen LogP contribution in [0.25, 0.3) is 0 Å². The van der Waals surface area contributed by atoms with E-state index in [-0.39, 0.29) is 0 Å². The first kappa shape index (κ1) is 14.1. The second kappa shape index (κ2) is 8.20.